The maximum absolute atomic E-state index is 6.33. The molecule has 0 radical (unpaired) electrons. The molecular weight excluding hydrogens is 523 g/mol. The van der Waals surface area contributed by atoms with Crippen LogP contribution in [0, 0.1) is 0 Å². The summed E-state index contributed by atoms with van der Waals surface area (Å²) in [4.78, 5) is 8.31. The third-order valence-electron chi connectivity index (χ3n) is 3.50. The maximum Gasteiger partial charge on any atom is 0.133 e. The summed E-state index contributed by atoms with van der Waals surface area (Å²) in [6.45, 7) is 0.479. The molecule has 3 nitrogen and oxygen atoms in total. The van der Waals surface area contributed by atoms with Gasteiger partial charge in [-0.15, -0.1) is 11.8 Å². The molecule has 26 heavy (non-hydrogen) atoms. The van der Waals surface area contributed by atoms with Crippen LogP contribution in [0.4, 0.5) is 0 Å². The van der Waals surface area contributed by atoms with Crippen molar-refractivity contribution in [2.45, 2.75) is 16.6 Å². The Bertz CT molecular complexity index is 857. The van der Waals surface area contributed by atoms with E-state index in [1.54, 1.807) is 18.0 Å². The van der Waals surface area contributed by atoms with E-state index >= 15 is 0 Å². The van der Waals surface area contributed by atoms with Crippen LogP contribution in [0.5, 0.6) is 5.75 Å². The van der Waals surface area contributed by atoms with Crippen LogP contribution in [0.1, 0.15) is 5.82 Å². The van der Waals surface area contributed by atoms with Crippen LogP contribution >= 0.6 is 66.8 Å². The topological polar surface area (TPSA) is 37.9 Å². The van der Waals surface area contributed by atoms with Crippen molar-refractivity contribution < 1.29 is 4.74 Å². The Morgan fingerprint density at radius 2 is 1.92 bits per heavy atom. The van der Waals surface area contributed by atoms with Gasteiger partial charge in [-0.1, -0.05) is 45.2 Å². The van der Waals surface area contributed by atoms with Gasteiger partial charge < -0.3 is 9.72 Å². The largest absolute Gasteiger partial charge is 0.491 e. The number of imidazole rings is 1. The first-order valence-electron chi connectivity index (χ1n) is 7.69. The molecule has 0 aliphatic rings. The van der Waals surface area contributed by atoms with Gasteiger partial charge in [0, 0.05) is 28.2 Å². The maximum atomic E-state index is 6.33. The molecule has 1 unspecified atom stereocenters. The van der Waals surface area contributed by atoms with Crippen LogP contribution in [0.25, 0.3) is 0 Å². The first-order chi connectivity index (χ1) is 12.5. The van der Waals surface area contributed by atoms with E-state index in [2.05, 4.69) is 41.8 Å². The second-order valence-corrected chi connectivity index (χ2v) is 9.31. The summed E-state index contributed by atoms with van der Waals surface area (Å²) in [6.07, 6.45) is 4.25. The first kappa shape index (κ1) is 20.1. The second kappa shape index (κ2) is 9.51. The molecule has 0 saturated heterocycles. The summed E-state index contributed by atoms with van der Waals surface area (Å²) in [6, 6.07) is 11.3. The van der Waals surface area contributed by atoms with Crippen molar-refractivity contribution in [3.8, 4) is 5.75 Å². The Hall–Kier alpha value is -0.660. The average Bonchev–Trinajstić information content (AvgIpc) is 3.10. The predicted octanol–water partition coefficient (Wildman–Crippen LogP) is 7.02. The highest BCUT2D eigenvalue weighted by Gasteiger charge is 2.18. The van der Waals surface area contributed by atoms with Gasteiger partial charge in [0.2, 0.25) is 0 Å². The highest BCUT2D eigenvalue weighted by Crippen LogP contribution is 2.38. The molecule has 1 aromatic heterocycles. The number of halogens is 4. The lowest BCUT2D eigenvalue weighted by Crippen LogP contribution is -2.18. The number of H-pyrrole nitrogens is 1. The van der Waals surface area contributed by atoms with E-state index in [4.69, 9.17) is 27.9 Å². The van der Waals surface area contributed by atoms with E-state index in [1.165, 1.54) is 0 Å². The molecule has 0 amide bonds. The summed E-state index contributed by atoms with van der Waals surface area (Å²) in [5.41, 5.74) is 0. The summed E-state index contributed by atoms with van der Waals surface area (Å²) >= 11 is 21.2. The number of benzene rings is 2. The SMILES string of the molecule is Clc1cccc(Cl)c1SC(COc1ccc(Br)cc1Br)Cc1ncc[nH]1. The zero-order valence-corrected chi connectivity index (χ0v) is 18.9. The van der Waals surface area contributed by atoms with Crippen LogP contribution < -0.4 is 4.74 Å². The minimum atomic E-state index is 0.0779. The molecular formula is C18H14Br2Cl2N2OS. The van der Waals surface area contributed by atoms with Crippen LogP contribution in [-0.2, 0) is 6.42 Å². The molecule has 1 N–H and O–H groups in total. The molecule has 8 heteroatoms. The van der Waals surface area contributed by atoms with E-state index < -0.39 is 0 Å². The van der Waals surface area contributed by atoms with Crippen LogP contribution in [0.3, 0.4) is 0 Å². The van der Waals surface area contributed by atoms with Crippen molar-refractivity contribution in [1.82, 2.24) is 9.97 Å². The number of nitrogens with one attached hydrogen (secondary N) is 1. The lowest BCUT2D eigenvalue weighted by atomic mass is 10.3. The Morgan fingerprint density at radius 1 is 1.15 bits per heavy atom. The van der Waals surface area contributed by atoms with E-state index in [9.17, 15) is 0 Å². The number of hydrogen-bond acceptors (Lipinski definition) is 3. The molecule has 3 aromatic rings. The van der Waals surface area contributed by atoms with Gasteiger partial charge in [-0.2, -0.15) is 0 Å². The number of aromatic amines is 1. The van der Waals surface area contributed by atoms with Gasteiger partial charge in [0.25, 0.3) is 0 Å². The first-order valence-corrected chi connectivity index (χ1v) is 10.9. The molecule has 1 heterocycles. The van der Waals surface area contributed by atoms with Crippen molar-refractivity contribution in [3.63, 3.8) is 0 Å². The standard InChI is InChI=1S/C18H14Br2Cl2N2OS/c19-11-4-5-16(13(20)8-11)25-10-12(9-17-23-6-7-24-17)26-18-14(21)2-1-3-15(18)22/h1-8,12H,9-10H2,(H,23,24). The number of hydrogen-bond donors (Lipinski definition) is 1. The van der Waals surface area contributed by atoms with Crippen molar-refractivity contribution in [2.24, 2.45) is 0 Å². The lowest BCUT2D eigenvalue weighted by molar-refractivity contribution is 0.313. The molecule has 0 spiro atoms. The van der Waals surface area contributed by atoms with Crippen molar-refractivity contribution >= 4 is 66.8 Å². The number of nitrogens with zero attached hydrogens (tertiary/aromatic N) is 1. The molecule has 1 atom stereocenters. The van der Waals surface area contributed by atoms with E-state index in [1.807, 2.05) is 42.6 Å². The molecule has 0 saturated carbocycles. The predicted molar refractivity (Wildman–Crippen MR) is 116 cm³/mol. The smallest absolute Gasteiger partial charge is 0.133 e. The molecule has 0 aliphatic heterocycles. The lowest BCUT2D eigenvalue weighted by Gasteiger charge is -2.18. The van der Waals surface area contributed by atoms with Crippen molar-refractivity contribution in [1.29, 1.82) is 0 Å². The Labute approximate surface area is 183 Å². The van der Waals surface area contributed by atoms with Gasteiger partial charge in [-0.3, -0.25) is 0 Å². The number of thioether (sulfide) groups is 1. The third kappa shape index (κ3) is 5.42. The van der Waals surface area contributed by atoms with E-state index in [0.29, 0.717) is 23.1 Å². The van der Waals surface area contributed by atoms with E-state index in [0.717, 1.165) is 25.4 Å². The van der Waals surface area contributed by atoms with Gasteiger partial charge in [-0.25, -0.2) is 4.98 Å². The van der Waals surface area contributed by atoms with Crippen LogP contribution in [0.15, 0.2) is 62.6 Å². The molecule has 0 aliphatic carbocycles. The Kier molecular flexibility index (Phi) is 7.35. The van der Waals surface area contributed by atoms with Crippen LogP contribution in [-0.4, -0.2) is 21.8 Å². The summed E-state index contributed by atoms with van der Waals surface area (Å²) in [7, 11) is 0. The Morgan fingerprint density at radius 3 is 2.58 bits per heavy atom. The normalized spacial score (nSPS) is 12.2. The van der Waals surface area contributed by atoms with Gasteiger partial charge in [0.05, 0.1) is 19.8 Å². The van der Waals surface area contributed by atoms with Crippen molar-refractivity contribution in [3.05, 3.63) is 73.6 Å². The third-order valence-corrected chi connectivity index (χ3v) is 6.78. The highest BCUT2D eigenvalue weighted by atomic mass is 79.9. The highest BCUT2D eigenvalue weighted by molar-refractivity contribution is 9.11. The van der Waals surface area contributed by atoms with Gasteiger partial charge in [0.1, 0.15) is 18.2 Å². The van der Waals surface area contributed by atoms with Gasteiger partial charge in [0.15, 0.2) is 0 Å². The zero-order chi connectivity index (χ0) is 18.5. The van der Waals surface area contributed by atoms with E-state index in [-0.39, 0.29) is 5.25 Å². The summed E-state index contributed by atoms with van der Waals surface area (Å²) in [5, 5.41) is 1.35. The molecule has 3 rings (SSSR count). The number of rotatable bonds is 7. The molecule has 136 valence electrons. The number of ether oxygens (including phenoxy) is 1. The average molecular weight is 537 g/mol. The Balaban J connectivity index is 1.76. The molecule has 2 aromatic carbocycles. The zero-order valence-electron chi connectivity index (χ0n) is 13.4. The molecule has 0 bridgehead atoms. The molecule has 0 fully saturated rings. The van der Waals surface area contributed by atoms with Crippen LogP contribution in [0.2, 0.25) is 10.0 Å². The van der Waals surface area contributed by atoms with Gasteiger partial charge in [-0.05, 0) is 46.3 Å². The fourth-order valence-corrected chi connectivity index (χ4v) is 5.19. The minimum absolute atomic E-state index is 0.0779. The minimum Gasteiger partial charge on any atom is -0.491 e. The second-order valence-electron chi connectivity index (χ2n) is 5.42. The fraction of sp³-hybridized carbons (Fsp3) is 0.167. The fourth-order valence-electron chi connectivity index (χ4n) is 2.30. The van der Waals surface area contributed by atoms with Gasteiger partial charge >= 0.3 is 0 Å². The summed E-state index contributed by atoms with van der Waals surface area (Å²) in [5.74, 6) is 1.67. The van der Waals surface area contributed by atoms with Crippen molar-refractivity contribution in [2.75, 3.05) is 6.61 Å². The monoisotopic (exact) mass is 534 g/mol. The summed E-state index contributed by atoms with van der Waals surface area (Å²) < 4.78 is 7.92. The quantitative estimate of drug-likeness (QED) is 0.330. The number of aromatic nitrogens is 2.